The number of hydrogen-bond donors (Lipinski definition) is 0. The van der Waals surface area contributed by atoms with Crippen LogP contribution >= 0.6 is 0 Å². The number of halogens is 3. The Morgan fingerprint density at radius 3 is 2.33 bits per heavy atom. The molecule has 0 radical (unpaired) electrons. The van der Waals surface area contributed by atoms with Gasteiger partial charge in [0.15, 0.2) is 0 Å². The Hall–Kier alpha value is -4.48. The van der Waals surface area contributed by atoms with Crippen LogP contribution in [0.15, 0.2) is 53.6 Å². The molecule has 11 heteroatoms. The molecule has 0 aliphatic carbocycles. The number of alkyl halides is 3. The Labute approximate surface area is 229 Å². The minimum Gasteiger partial charge on any atom is -0.336 e. The molecule has 0 atom stereocenters. The van der Waals surface area contributed by atoms with Crippen LogP contribution in [0, 0.1) is 22.7 Å². The van der Waals surface area contributed by atoms with Crippen LogP contribution in [0.5, 0.6) is 0 Å². The molecule has 3 amide bonds. The van der Waals surface area contributed by atoms with Gasteiger partial charge in [-0.2, -0.15) is 23.7 Å². The van der Waals surface area contributed by atoms with Crippen molar-refractivity contribution in [3.63, 3.8) is 0 Å². The quantitative estimate of drug-likeness (QED) is 0.377. The van der Waals surface area contributed by atoms with Crippen LogP contribution in [0.4, 0.5) is 18.9 Å². The lowest BCUT2D eigenvalue weighted by Gasteiger charge is -2.34. The van der Waals surface area contributed by atoms with E-state index >= 15 is 0 Å². The van der Waals surface area contributed by atoms with E-state index in [1.54, 1.807) is 29.2 Å². The lowest BCUT2D eigenvalue weighted by atomic mass is 10.0. The standard InChI is InChI=1S/C29H26F3N5O3/c1-19-24(28(40)37(26(19)38)23-9-8-22(18-34)25(16-23)29(30,31)32)7-2-3-10-35-11-13-36(14-12-35)27(39)21-6-4-5-20(15-21)17-33/h4-6,8-9,15-16H,2-3,7,10-14H2,1H3. The predicted molar refractivity (Wildman–Crippen MR) is 139 cm³/mol. The molecular formula is C29H26F3N5O3. The van der Waals surface area contributed by atoms with Crippen LogP contribution in [0.25, 0.3) is 0 Å². The fraction of sp³-hybridized carbons (Fsp3) is 0.345. The molecule has 1 saturated heterocycles. The Morgan fingerprint density at radius 1 is 0.950 bits per heavy atom. The first kappa shape index (κ1) is 28.5. The van der Waals surface area contributed by atoms with E-state index < -0.39 is 29.1 Å². The molecule has 2 aromatic carbocycles. The maximum atomic E-state index is 13.4. The van der Waals surface area contributed by atoms with Crippen LogP contribution < -0.4 is 4.90 Å². The molecule has 0 N–H and O–H groups in total. The second-order valence-corrected chi connectivity index (χ2v) is 9.67. The molecule has 2 aliphatic rings. The third kappa shape index (κ3) is 5.90. The molecule has 2 heterocycles. The molecule has 206 valence electrons. The molecule has 1 fully saturated rings. The highest BCUT2D eigenvalue weighted by molar-refractivity contribution is 6.32. The number of carbonyl (C=O) groups is 3. The number of benzene rings is 2. The molecule has 0 aromatic heterocycles. The van der Waals surface area contributed by atoms with Crippen molar-refractivity contribution in [3.05, 3.63) is 75.9 Å². The average molecular weight is 550 g/mol. The highest BCUT2D eigenvalue weighted by atomic mass is 19.4. The minimum absolute atomic E-state index is 0.113. The summed E-state index contributed by atoms with van der Waals surface area (Å²) in [5.41, 5.74) is -0.605. The van der Waals surface area contributed by atoms with Gasteiger partial charge in [-0.3, -0.25) is 19.3 Å². The summed E-state index contributed by atoms with van der Waals surface area (Å²) in [4.78, 5) is 43.3. The topological polar surface area (TPSA) is 109 Å². The zero-order chi connectivity index (χ0) is 29.0. The van der Waals surface area contributed by atoms with Crippen molar-refractivity contribution in [2.24, 2.45) is 0 Å². The summed E-state index contributed by atoms with van der Waals surface area (Å²) in [5.74, 6) is -1.43. The van der Waals surface area contributed by atoms with Crippen LogP contribution in [-0.4, -0.2) is 60.2 Å². The Bertz CT molecular complexity index is 1460. The highest BCUT2D eigenvalue weighted by Crippen LogP contribution is 2.36. The van der Waals surface area contributed by atoms with Crippen molar-refractivity contribution in [2.75, 3.05) is 37.6 Å². The van der Waals surface area contributed by atoms with Crippen molar-refractivity contribution in [3.8, 4) is 12.1 Å². The number of carbonyl (C=O) groups excluding carboxylic acids is 3. The van der Waals surface area contributed by atoms with Crippen molar-refractivity contribution < 1.29 is 27.6 Å². The van der Waals surface area contributed by atoms with Gasteiger partial charge in [-0.15, -0.1) is 0 Å². The first-order valence-electron chi connectivity index (χ1n) is 12.8. The SMILES string of the molecule is CC1=C(CCCCN2CCN(C(=O)c3cccc(C#N)c3)CC2)C(=O)N(c2ccc(C#N)c(C(F)(F)F)c2)C1=O. The number of imide groups is 1. The summed E-state index contributed by atoms with van der Waals surface area (Å²) in [7, 11) is 0. The maximum absolute atomic E-state index is 13.4. The number of rotatable bonds is 7. The van der Waals surface area contributed by atoms with Crippen LogP contribution in [0.3, 0.4) is 0 Å². The molecule has 0 saturated carbocycles. The highest BCUT2D eigenvalue weighted by Gasteiger charge is 2.39. The van der Waals surface area contributed by atoms with Crippen LogP contribution in [-0.2, 0) is 15.8 Å². The third-order valence-corrected chi connectivity index (χ3v) is 7.17. The summed E-state index contributed by atoms with van der Waals surface area (Å²) < 4.78 is 40.2. The molecule has 0 unspecified atom stereocenters. The number of nitriles is 2. The monoisotopic (exact) mass is 549 g/mol. The number of amides is 3. The Morgan fingerprint density at radius 2 is 1.68 bits per heavy atom. The number of nitrogens with zero attached hydrogens (tertiary/aromatic N) is 5. The number of piperazine rings is 1. The molecule has 0 spiro atoms. The summed E-state index contributed by atoms with van der Waals surface area (Å²) in [5, 5.41) is 18.1. The fourth-order valence-electron chi connectivity index (χ4n) is 4.93. The van der Waals surface area contributed by atoms with E-state index in [9.17, 15) is 27.6 Å². The summed E-state index contributed by atoms with van der Waals surface area (Å²) in [6.45, 7) is 4.67. The lowest BCUT2D eigenvalue weighted by Crippen LogP contribution is -2.48. The first-order chi connectivity index (χ1) is 19.0. The summed E-state index contributed by atoms with van der Waals surface area (Å²) in [6.07, 6.45) is -3.17. The van der Waals surface area contributed by atoms with Crippen molar-refractivity contribution >= 4 is 23.4 Å². The van der Waals surface area contributed by atoms with Crippen LogP contribution in [0.2, 0.25) is 0 Å². The van der Waals surface area contributed by atoms with Gasteiger partial charge < -0.3 is 4.90 Å². The number of anilines is 1. The fourth-order valence-corrected chi connectivity index (χ4v) is 4.93. The molecule has 40 heavy (non-hydrogen) atoms. The van der Waals surface area contributed by atoms with Gasteiger partial charge in [0, 0.05) is 42.9 Å². The van der Waals surface area contributed by atoms with Crippen molar-refractivity contribution in [2.45, 2.75) is 32.4 Å². The van der Waals surface area contributed by atoms with E-state index in [-0.39, 0.29) is 22.7 Å². The van der Waals surface area contributed by atoms with Gasteiger partial charge in [-0.05, 0) is 69.1 Å². The van der Waals surface area contributed by atoms with E-state index in [1.807, 2.05) is 6.07 Å². The van der Waals surface area contributed by atoms with E-state index in [4.69, 9.17) is 10.5 Å². The maximum Gasteiger partial charge on any atom is 0.417 e. The molecule has 2 aliphatic heterocycles. The van der Waals surface area contributed by atoms with Gasteiger partial charge in [0.05, 0.1) is 34.5 Å². The van der Waals surface area contributed by atoms with Crippen LogP contribution in [0.1, 0.15) is 53.2 Å². The largest absolute Gasteiger partial charge is 0.417 e. The van der Waals surface area contributed by atoms with Gasteiger partial charge in [0.2, 0.25) is 0 Å². The molecule has 2 aromatic rings. The zero-order valence-corrected chi connectivity index (χ0v) is 21.8. The van der Waals surface area contributed by atoms with Gasteiger partial charge in [-0.25, -0.2) is 4.90 Å². The molecular weight excluding hydrogens is 523 g/mol. The van der Waals surface area contributed by atoms with E-state index in [1.165, 1.54) is 19.1 Å². The average Bonchev–Trinajstić information content (AvgIpc) is 3.17. The van der Waals surface area contributed by atoms with Gasteiger partial charge >= 0.3 is 6.18 Å². The Kier molecular flexibility index (Phi) is 8.36. The Balaban J connectivity index is 1.29. The second kappa shape index (κ2) is 11.7. The van der Waals surface area contributed by atoms with E-state index in [0.29, 0.717) is 56.2 Å². The first-order valence-corrected chi connectivity index (χ1v) is 12.8. The van der Waals surface area contributed by atoms with E-state index in [2.05, 4.69) is 4.90 Å². The minimum atomic E-state index is -4.81. The number of hydrogen-bond acceptors (Lipinski definition) is 6. The van der Waals surface area contributed by atoms with Crippen molar-refractivity contribution in [1.29, 1.82) is 10.5 Å². The van der Waals surface area contributed by atoms with E-state index in [0.717, 1.165) is 23.9 Å². The summed E-state index contributed by atoms with van der Waals surface area (Å²) >= 11 is 0. The van der Waals surface area contributed by atoms with Gasteiger partial charge in [-0.1, -0.05) is 6.07 Å². The van der Waals surface area contributed by atoms with Crippen molar-refractivity contribution in [1.82, 2.24) is 9.80 Å². The predicted octanol–water partition coefficient (Wildman–Crippen LogP) is 4.27. The normalized spacial score (nSPS) is 16.4. The third-order valence-electron chi connectivity index (χ3n) is 7.17. The lowest BCUT2D eigenvalue weighted by molar-refractivity contribution is -0.138. The van der Waals surface area contributed by atoms with Gasteiger partial charge in [0.25, 0.3) is 17.7 Å². The molecule has 4 rings (SSSR count). The molecule has 0 bridgehead atoms. The summed E-state index contributed by atoms with van der Waals surface area (Å²) in [6, 6.07) is 12.9. The number of unbranched alkanes of at least 4 members (excludes halogenated alkanes) is 1. The molecule has 8 nitrogen and oxygen atoms in total. The van der Waals surface area contributed by atoms with Gasteiger partial charge in [0.1, 0.15) is 0 Å². The zero-order valence-electron chi connectivity index (χ0n) is 21.8. The smallest absolute Gasteiger partial charge is 0.336 e. The second-order valence-electron chi connectivity index (χ2n) is 9.67.